The van der Waals surface area contributed by atoms with Crippen molar-refractivity contribution in [2.24, 2.45) is 10.4 Å². The Morgan fingerprint density at radius 1 is 1.30 bits per heavy atom. The Morgan fingerprint density at radius 3 is 2.80 bits per heavy atom. The number of halogens is 2. The molecular weight excluding hydrogens is 429 g/mol. The Hall–Kier alpha value is -2.95. The van der Waals surface area contributed by atoms with Crippen molar-refractivity contribution in [1.29, 1.82) is 0 Å². The smallest absolute Gasteiger partial charge is 0.266 e. The van der Waals surface area contributed by atoms with E-state index in [1.54, 1.807) is 23.4 Å². The Morgan fingerprint density at radius 2 is 2.07 bits per heavy atom. The number of alkyl halides is 1. The molecule has 154 valence electrons. The second kappa shape index (κ2) is 6.53. The normalized spacial score (nSPS) is 23.7. The number of pyridine rings is 1. The molecule has 10 nitrogen and oxygen atoms in total. The third-order valence-electron chi connectivity index (χ3n) is 5.02. The number of aliphatic imine (C=N–C) groups is 1. The molecule has 5 rings (SSSR count). The number of aromatic nitrogens is 4. The molecule has 3 N–H and O–H groups in total. The molecule has 0 aliphatic carbocycles. The van der Waals surface area contributed by atoms with Gasteiger partial charge in [-0.1, -0.05) is 37.0 Å². The highest BCUT2D eigenvalue weighted by molar-refractivity contribution is 6.38. The topological polar surface area (TPSA) is 112 Å². The summed E-state index contributed by atoms with van der Waals surface area (Å²) in [5.74, 6) is 0.421. The molecule has 1 unspecified atom stereocenters. The van der Waals surface area contributed by atoms with E-state index in [4.69, 9.17) is 23.2 Å². The summed E-state index contributed by atoms with van der Waals surface area (Å²) in [4.78, 5) is 21.4. The van der Waals surface area contributed by atoms with Gasteiger partial charge in [0.25, 0.3) is 5.91 Å². The van der Waals surface area contributed by atoms with E-state index in [0.29, 0.717) is 17.3 Å². The van der Waals surface area contributed by atoms with Crippen LogP contribution in [0.5, 0.6) is 0 Å². The van der Waals surface area contributed by atoms with Crippen LogP contribution in [-0.2, 0) is 4.79 Å². The van der Waals surface area contributed by atoms with Gasteiger partial charge in [0.2, 0.25) is 5.00 Å². The maximum Gasteiger partial charge on any atom is 0.266 e. The SMILES string of the molecule is CC1(C)CNC2=C1N1NC(Cl)(C(=O)Nc3cnc(-n4nccn4)c(Cl)c3)C=C1N=C2. The molecule has 0 radical (unpaired) electrons. The lowest BCUT2D eigenvalue weighted by molar-refractivity contribution is -0.118. The molecule has 5 heterocycles. The maximum atomic E-state index is 13.0. The molecule has 0 bridgehead atoms. The number of carbonyl (C=O) groups excluding carboxylic acids is 1. The number of hydrogen-bond acceptors (Lipinski definition) is 8. The van der Waals surface area contributed by atoms with Gasteiger partial charge in [0.05, 0.1) is 46.9 Å². The van der Waals surface area contributed by atoms with Gasteiger partial charge in [0.15, 0.2) is 5.82 Å². The molecule has 0 saturated heterocycles. The minimum absolute atomic E-state index is 0.152. The van der Waals surface area contributed by atoms with Gasteiger partial charge in [0, 0.05) is 18.0 Å². The first-order valence-corrected chi connectivity index (χ1v) is 9.88. The summed E-state index contributed by atoms with van der Waals surface area (Å²) in [5, 5.41) is 16.1. The quantitative estimate of drug-likeness (QED) is 0.487. The Labute approximate surface area is 181 Å². The second-order valence-corrected chi connectivity index (χ2v) is 8.72. The van der Waals surface area contributed by atoms with E-state index in [1.807, 2.05) is 0 Å². The lowest BCUT2D eigenvalue weighted by atomic mass is 9.90. The number of nitrogens with one attached hydrogen (secondary N) is 3. The zero-order chi connectivity index (χ0) is 21.1. The molecule has 0 spiro atoms. The molecule has 3 aliphatic rings. The third-order valence-corrected chi connectivity index (χ3v) is 5.66. The number of anilines is 1. The van der Waals surface area contributed by atoms with Crippen LogP contribution in [0.4, 0.5) is 5.69 Å². The van der Waals surface area contributed by atoms with Crippen LogP contribution in [0.2, 0.25) is 5.02 Å². The summed E-state index contributed by atoms with van der Waals surface area (Å²) in [5.41, 5.74) is 5.20. The summed E-state index contributed by atoms with van der Waals surface area (Å²) in [6, 6.07) is 1.56. The van der Waals surface area contributed by atoms with Crippen LogP contribution < -0.4 is 16.1 Å². The number of amides is 1. The molecule has 3 aliphatic heterocycles. The van der Waals surface area contributed by atoms with Crippen LogP contribution in [0, 0.1) is 5.41 Å². The number of nitrogens with zero attached hydrogens (tertiary/aromatic N) is 6. The third kappa shape index (κ3) is 2.95. The first kappa shape index (κ1) is 19.0. The van der Waals surface area contributed by atoms with Gasteiger partial charge >= 0.3 is 0 Å². The van der Waals surface area contributed by atoms with E-state index in [0.717, 1.165) is 17.9 Å². The van der Waals surface area contributed by atoms with Crippen molar-refractivity contribution in [2.75, 3.05) is 11.9 Å². The fourth-order valence-corrected chi connectivity index (χ4v) is 4.05. The van der Waals surface area contributed by atoms with Crippen molar-refractivity contribution in [3.8, 4) is 5.82 Å². The van der Waals surface area contributed by atoms with Gasteiger partial charge < -0.3 is 10.6 Å². The van der Waals surface area contributed by atoms with E-state index >= 15 is 0 Å². The molecule has 1 amide bonds. The van der Waals surface area contributed by atoms with Crippen LogP contribution in [0.3, 0.4) is 0 Å². The van der Waals surface area contributed by atoms with Gasteiger partial charge in [-0.3, -0.25) is 9.80 Å². The molecule has 0 saturated carbocycles. The molecular formula is C18H17Cl2N9O. The number of fused-ring (bicyclic) bond motifs is 2. The molecule has 2 aromatic rings. The van der Waals surface area contributed by atoms with Crippen LogP contribution >= 0.6 is 23.2 Å². The summed E-state index contributed by atoms with van der Waals surface area (Å²) in [6.45, 7) is 4.98. The molecule has 12 heteroatoms. The fraction of sp³-hybridized carbons (Fsp3) is 0.278. The van der Waals surface area contributed by atoms with Crippen LogP contribution in [0.15, 0.2) is 52.9 Å². The predicted molar refractivity (Wildman–Crippen MR) is 112 cm³/mol. The van der Waals surface area contributed by atoms with Gasteiger partial charge in [0.1, 0.15) is 5.82 Å². The van der Waals surface area contributed by atoms with E-state index in [2.05, 4.69) is 50.1 Å². The number of hydrogen-bond donors (Lipinski definition) is 3. The highest BCUT2D eigenvalue weighted by atomic mass is 35.5. The monoisotopic (exact) mass is 445 g/mol. The minimum atomic E-state index is -1.53. The van der Waals surface area contributed by atoms with Crippen molar-refractivity contribution in [1.82, 2.24) is 35.7 Å². The zero-order valence-corrected chi connectivity index (χ0v) is 17.5. The lowest BCUT2D eigenvalue weighted by Gasteiger charge is -2.33. The molecule has 30 heavy (non-hydrogen) atoms. The molecule has 1 atom stereocenters. The maximum absolute atomic E-state index is 13.0. The average molecular weight is 446 g/mol. The molecule has 0 fully saturated rings. The number of rotatable bonds is 3. The highest BCUT2D eigenvalue weighted by Crippen LogP contribution is 2.42. The Bertz CT molecular complexity index is 1140. The average Bonchev–Trinajstić information content (AvgIpc) is 3.39. The highest BCUT2D eigenvalue weighted by Gasteiger charge is 2.48. The number of allylic oxidation sites excluding steroid dienone is 1. The van der Waals surface area contributed by atoms with Crippen molar-refractivity contribution in [3.05, 3.63) is 53.0 Å². The van der Waals surface area contributed by atoms with Crippen molar-refractivity contribution in [2.45, 2.75) is 18.8 Å². The Kier molecular flexibility index (Phi) is 4.14. The first-order valence-electron chi connectivity index (χ1n) is 9.13. The van der Waals surface area contributed by atoms with Gasteiger partial charge in [-0.05, 0) is 6.07 Å². The van der Waals surface area contributed by atoms with Crippen LogP contribution in [0.25, 0.3) is 5.82 Å². The van der Waals surface area contributed by atoms with Crippen molar-refractivity contribution >= 4 is 41.0 Å². The first-order chi connectivity index (χ1) is 14.3. The summed E-state index contributed by atoms with van der Waals surface area (Å²) in [6.07, 6.45) is 7.82. The van der Waals surface area contributed by atoms with Gasteiger partial charge in [-0.15, -0.1) is 4.80 Å². The van der Waals surface area contributed by atoms with E-state index in [9.17, 15) is 4.79 Å². The van der Waals surface area contributed by atoms with E-state index in [-0.39, 0.29) is 10.4 Å². The lowest BCUT2D eigenvalue weighted by Crippen LogP contribution is -2.52. The summed E-state index contributed by atoms with van der Waals surface area (Å²) >= 11 is 12.9. The largest absolute Gasteiger partial charge is 0.381 e. The van der Waals surface area contributed by atoms with E-state index in [1.165, 1.54) is 23.4 Å². The Balaban J connectivity index is 1.37. The van der Waals surface area contributed by atoms with Crippen LogP contribution in [0.1, 0.15) is 13.8 Å². The number of carbonyl (C=O) groups is 1. The van der Waals surface area contributed by atoms with Gasteiger partial charge in [-0.2, -0.15) is 15.6 Å². The zero-order valence-electron chi connectivity index (χ0n) is 16.0. The summed E-state index contributed by atoms with van der Waals surface area (Å²) in [7, 11) is 0. The van der Waals surface area contributed by atoms with Crippen molar-refractivity contribution < 1.29 is 4.79 Å². The van der Waals surface area contributed by atoms with E-state index < -0.39 is 10.9 Å². The second-order valence-electron chi connectivity index (χ2n) is 7.72. The fourth-order valence-electron chi connectivity index (χ4n) is 3.58. The molecule has 2 aromatic heterocycles. The minimum Gasteiger partial charge on any atom is -0.381 e. The summed E-state index contributed by atoms with van der Waals surface area (Å²) < 4.78 is 0. The standard InChI is InChI=1S/C18H17Cl2N9O/c1-17(2)9-23-12-8-21-13-6-18(20,27-28(13)14(12)17)16(30)26-10-5-11(19)15(22-7-10)29-24-3-4-25-29/h3-8,23,27H,9H2,1-2H3,(H,26,30). The molecule has 0 aromatic carbocycles. The number of hydrazine groups is 1. The van der Waals surface area contributed by atoms with Crippen LogP contribution in [-0.4, -0.2) is 48.7 Å². The van der Waals surface area contributed by atoms with Crippen molar-refractivity contribution in [3.63, 3.8) is 0 Å². The van der Waals surface area contributed by atoms with Gasteiger partial charge in [-0.25, -0.2) is 9.98 Å². The predicted octanol–water partition coefficient (Wildman–Crippen LogP) is 1.78.